The molecule has 0 fully saturated rings. The Bertz CT molecular complexity index is 537. The highest BCUT2D eigenvalue weighted by molar-refractivity contribution is 5.55. The molecule has 4 nitrogen and oxygen atoms in total. The second-order valence-corrected chi connectivity index (χ2v) is 4.49. The molecule has 0 bridgehead atoms. The standard InChI is InChI=1S/C13H16FN3O/c1-8-7-10(4-5-11(8)14)13-16-12(18-17-13)6-3-9(2)15/h4-5,7,9H,3,6,15H2,1-2H3. The largest absolute Gasteiger partial charge is 0.339 e. The van der Waals surface area contributed by atoms with Crippen molar-refractivity contribution in [2.75, 3.05) is 0 Å². The van der Waals surface area contributed by atoms with Gasteiger partial charge in [0.1, 0.15) is 5.82 Å². The molecule has 2 N–H and O–H groups in total. The number of benzene rings is 1. The van der Waals surface area contributed by atoms with Crippen LogP contribution in [0.3, 0.4) is 0 Å². The molecule has 96 valence electrons. The van der Waals surface area contributed by atoms with Crippen LogP contribution in [-0.4, -0.2) is 16.2 Å². The molecule has 1 heterocycles. The highest BCUT2D eigenvalue weighted by atomic mass is 19.1. The lowest BCUT2D eigenvalue weighted by molar-refractivity contribution is 0.372. The van der Waals surface area contributed by atoms with E-state index in [9.17, 15) is 4.39 Å². The van der Waals surface area contributed by atoms with Crippen molar-refractivity contribution in [2.24, 2.45) is 5.73 Å². The van der Waals surface area contributed by atoms with Gasteiger partial charge in [0, 0.05) is 18.0 Å². The van der Waals surface area contributed by atoms with E-state index in [2.05, 4.69) is 10.1 Å². The van der Waals surface area contributed by atoms with E-state index < -0.39 is 0 Å². The van der Waals surface area contributed by atoms with Gasteiger partial charge in [-0.3, -0.25) is 0 Å². The van der Waals surface area contributed by atoms with E-state index >= 15 is 0 Å². The Balaban J connectivity index is 2.16. The first kappa shape index (κ1) is 12.7. The van der Waals surface area contributed by atoms with E-state index in [0.717, 1.165) is 12.0 Å². The Morgan fingerprint density at radius 3 is 2.89 bits per heavy atom. The summed E-state index contributed by atoms with van der Waals surface area (Å²) in [7, 11) is 0. The molecule has 0 saturated carbocycles. The first-order chi connectivity index (χ1) is 8.56. The fraction of sp³-hybridized carbons (Fsp3) is 0.385. The number of rotatable bonds is 4. The number of aromatic nitrogens is 2. The molecule has 0 radical (unpaired) electrons. The maximum Gasteiger partial charge on any atom is 0.227 e. The van der Waals surface area contributed by atoms with Crippen molar-refractivity contribution in [2.45, 2.75) is 32.7 Å². The lowest BCUT2D eigenvalue weighted by Crippen LogP contribution is -2.15. The van der Waals surface area contributed by atoms with Gasteiger partial charge in [0.15, 0.2) is 0 Å². The van der Waals surface area contributed by atoms with Crippen molar-refractivity contribution in [1.82, 2.24) is 10.1 Å². The summed E-state index contributed by atoms with van der Waals surface area (Å²) < 4.78 is 18.3. The van der Waals surface area contributed by atoms with Gasteiger partial charge in [0.05, 0.1) is 0 Å². The molecule has 0 aliphatic rings. The summed E-state index contributed by atoms with van der Waals surface area (Å²) in [6.45, 7) is 3.64. The predicted octanol–water partition coefficient (Wildman–Crippen LogP) is 2.46. The molecule has 2 rings (SSSR count). The van der Waals surface area contributed by atoms with E-state index in [1.807, 2.05) is 6.92 Å². The van der Waals surface area contributed by atoms with Crippen molar-refractivity contribution in [3.63, 3.8) is 0 Å². The van der Waals surface area contributed by atoms with Crippen LogP contribution in [0.2, 0.25) is 0 Å². The first-order valence-corrected chi connectivity index (χ1v) is 5.91. The van der Waals surface area contributed by atoms with Crippen LogP contribution in [0.15, 0.2) is 22.7 Å². The van der Waals surface area contributed by atoms with Gasteiger partial charge >= 0.3 is 0 Å². The summed E-state index contributed by atoms with van der Waals surface area (Å²) in [6.07, 6.45) is 1.45. The van der Waals surface area contributed by atoms with Crippen molar-refractivity contribution in [1.29, 1.82) is 0 Å². The Morgan fingerprint density at radius 1 is 1.44 bits per heavy atom. The van der Waals surface area contributed by atoms with Crippen LogP contribution in [0.4, 0.5) is 4.39 Å². The number of halogens is 1. The third-order valence-corrected chi connectivity index (χ3v) is 2.70. The van der Waals surface area contributed by atoms with Crippen LogP contribution in [0.1, 0.15) is 24.8 Å². The Labute approximate surface area is 105 Å². The first-order valence-electron chi connectivity index (χ1n) is 5.91. The molecule has 1 atom stereocenters. The number of hydrogen-bond donors (Lipinski definition) is 1. The average Bonchev–Trinajstić information content (AvgIpc) is 2.79. The van der Waals surface area contributed by atoms with Crippen molar-refractivity contribution in [3.05, 3.63) is 35.5 Å². The lowest BCUT2D eigenvalue weighted by atomic mass is 10.1. The Morgan fingerprint density at radius 2 is 2.22 bits per heavy atom. The van der Waals surface area contributed by atoms with E-state index in [-0.39, 0.29) is 11.9 Å². The minimum Gasteiger partial charge on any atom is -0.339 e. The molecule has 0 saturated heterocycles. The van der Waals surface area contributed by atoms with Gasteiger partial charge in [-0.2, -0.15) is 4.98 Å². The summed E-state index contributed by atoms with van der Waals surface area (Å²) in [5.41, 5.74) is 6.98. The van der Waals surface area contributed by atoms with Crippen LogP contribution < -0.4 is 5.73 Å². The normalized spacial score (nSPS) is 12.7. The van der Waals surface area contributed by atoms with Gasteiger partial charge in [0.25, 0.3) is 0 Å². The van der Waals surface area contributed by atoms with Crippen molar-refractivity contribution < 1.29 is 8.91 Å². The molecule has 5 heteroatoms. The fourth-order valence-electron chi connectivity index (χ4n) is 1.61. The van der Waals surface area contributed by atoms with Gasteiger partial charge in [0.2, 0.25) is 11.7 Å². The van der Waals surface area contributed by atoms with Crippen molar-refractivity contribution >= 4 is 0 Å². The van der Waals surface area contributed by atoms with Crippen LogP contribution in [-0.2, 0) is 6.42 Å². The Hall–Kier alpha value is -1.75. The SMILES string of the molecule is Cc1cc(-c2noc(CCC(C)N)n2)ccc1F. The zero-order valence-electron chi connectivity index (χ0n) is 10.5. The maximum absolute atomic E-state index is 13.2. The molecule has 0 amide bonds. The average molecular weight is 249 g/mol. The third-order valence-electron chi connectivity index (χ3n) is 2.70. The number of aryl methyl sites for hydroxylation is 2. The van der Waals surface area contributed by atoms with E-state index in [0.29, 0.717) is 23.7 Å². The molecule has 1 aromatic heterocycles. The van der Waals surface area contributed by atoms with Gasteiger partial charge in [-0.25, -0.2) is 4.39 Å². The van der Waals surface area contributed by atoms with E-state index in [1.165, 1.54) is 6.07 Å². The van der Waals surface area contributed by atoms with Gasteiger partial charge in [-0.05, 0) is 44.0 Å². The molecule has 18 heavy (non-hydrogen) atoms. The zero-order chi connectivity index (χ0) is 13.1. The number of hydrogen-bond acceptors (Lipinski definition) is 4. The molecule has 1 unspecified atom stereocenters. The fourth-order valence-corrected chi connectivity index (χ4v) is 1.61. The second-order valence-electron chi connectivity index (χ2n) is 4.49. The molecule has 0 aliphatic carbocycles. The maximum atomic E-state index is 13.2. The van der Waals surface area contributed by atoms with Gasteiger partial charge in [-0.15, -0.1) is 0 Å². The van der Waals surface area contributed by atoms with E-state index in [4.69, 9.17) is 10.3 Å². The monoisotopic (exact) mass is 249 g/mol. The number of nitrogens with zero attached hydrogens (tertiary/aromatic N) is 2. The molecular weight excluding hydrogens is 233 g/mol. The van der Waals surface area contributed by atoms with Gasteiger partial charge in [-0.1, -0.05) is 5.16 Å². The zero-order valence-corrected chi connectivity index (χ0v) is 10.5. The summed E-state index contributed by atoms with van der Waals surface area (Å²) in [4.78, 5) is 4.27. The molecule has 0 spiro atoms. The summed E-state index contributed by atoms with van der Waals surface area (Å²) in [5.74, 6) is 0.807. The molecule has 2 aromatic rings. The summed E-state index contributed by atoms with van der Waals surface area (Å²) in [5, 5.41) is 3.89. The molecular formula is C13H16FN3O. The minimum absolute atomic E-state index is 0.105. The quantitative estimate of drug-likeness (QED) is 0.904. The van der Waals surface area contributed by atoms with Crippen LogP contribution in [0, 0.1) is 12.7 Å². The third kappa shape index (κ3) is 2.92. The predicted molar refractivity (Wildman–Crippen MR) is 66.4 cm³/mol. The highest BCUT2D eigenvalue weighted by Crippen LogP contribution is 2.19. The number of nitrogens with two attached hydrogens (primary N) is 1. The Kier molecular flexibility index (Phi) is 3.72. The minimum atomic E-state index is -0.237. The highest BCUT2D eigenvalue weighted by Gasteiger charge is 2.10. The van der Waals surface area contributed by atoms with Crippen LogP contribution >= 0.6 is 0 Å². The van der Waals surface area contributed by atoms with Crippen LogP contribution in [0.5, 0.6) is 0 Å². The van der Waals surface area contributed by atoms with E-state index in [1.54, 1.807) is 19.1 Å². The smallest absolute Gasteiger partial charge is 0.227 e. The molecule has 1 aromatic carbocycles. The molecule has 0 aliphatic heterocycles. The lowest BCUT2D eigenvalue weighted by Gasteiger charge is -1.99. The second kappa shape index (κ2) is 5.27. The van der Waals surface area contributed by atoms with Crippen LogP contribution in [0.25, 0.3) is 11.4 Å². The van der Waals surface area contributed by atoms with Crippen molar-refractivity contribution in [3.8, 4) is 11.4 Å². The topological polar surface area (TPSA) is 64.9 Å². The summed E-state index contributed by atoms with van der Waals surface area (Å²) >= 11 is 0. The summed E-state index contributed by atoms with van der Waals surface area (Å²) in [6, 6.07) is 4.86. The van der Waals surface area contributed by atoms with Gasteiger partial charge < -0.3 is 10.3 Å².